The Hall–Kier alpha value is -2.53. The average molecular weight is 286 g/mol. The molecule has 5 nitrogen and oxygen atoms in total. The molecule has 0 amide bonds. The van der Waals surface area contributed by atoms with Crippen LogP contribution in [-0.2, 0) is 0 Å². The first-order valence-electron chi connectivity index (χ1n) is 5.76. The molecule has 0 aliphatic carbocycles. The molecule has 0 spiro atoms. The summed E-state index contributed by atoms with van der Waals surface area (Å²) in [6.45, 7) is 0. The molecule has 0 unspecified atom stereocenters. The smallest absolute Gasteiger partial charge is 0.321 e. The summed E-state index contributed by atoms with van der Waals surface area (Å²) in [6, 6.07) is 7.22. The number of pyridine rings is 1. The van der Waals surface area contributed by atoms with Gasteiger partial charge in [0.1, 0.15) is 5.52 Å². The molecule has 0 bridgehead atoms. The number of ether oxygens (including phenoxy) is 1. The van der Waals surface area contributed by atoms with Gasteiger partial charge in [-0.2, -0.15) is 0 Å². The number of halogens is 1. The highest BCUT2D eigenvalue weighted by atomic mass is 35.5. The third-order valence-corrected chi connectivity index (χ3v) is 2.99. The maximum atomic E-state index is 10.5. The average Bonchev–Trinajstić information content (AvgIpc) is 2.51. The number of carbonyl (C=O) groups is 1. The van der Waals surface area contributed by atoms with E-state index in [1.54, 1.807) is 24.4 Å². The van der Waals surface area contributed by atoms with Crippen molar-refractivity contribution in [1.29, 1.82) is 0 Å². The van der Waals surface area contributed by atoms with E-state index in [-0.39, 0.29) is 6.01 Å². The largest absolute Gasteiger partial charge is 0.422 e. The van der Waals surface area contributed by atoms with E-state index in [0.29, 0.717) is 28.1 Å². The highest BCUT2D eigenvalue weighted by molar-refractivity contribution is 6.35. The first kappa shape index (κ1) is 12.5. The fourth-order valence-corrected chi connectivity index (χ4v) is 1.95. The SMILES string of the molecule is O=Cc1cnc(Oc2ccc(Cl)c3cccnc23)nc1. The van der Waals surface area contributed by atoms with E-state index in [0.717, 1.165) is 5.39 Å². The second-order valence-corrected chi connectivity index (χ2v) is 4.37. The minimum Gasteiger partial charge on any atom is -0.422 e. The Kier molecular flexibility index (Phi) is 3.26. The van der Waals surface area contributed by atoms with Crippen molar-refractivity contribution in [2.75, 3.05) is 0 Å². The third kappa shape index (κ3) is 2.31. The lowest BCUT2D eigenvalue weighted by molar-refractivity contribution is 0.112. The van der Waals surface area contributed by atoms with Crippen LogP contribution in [0.3, 0.4) is 0 Å². The minimum atomic E-state index is 0.143. The van der Waals surface area contributed by atoms with E-state index in [1.807, 2.05) is 6.07 Å². The third-order valence-electron chi connectivity index (χ3n) is 2.66. The van der Waals surface area contributed by atoms with E-state index in [1.165, 1.54) is 12.4 Å². The Bertz CT molecular complexity index is 775. The van der Waals surface area contributed by atoms with Gasteiger partial charge >= 0.3 is 6.01 Å². The Morgan fingerprint density at radius 2 is 1.90 bits per heavy atom. The predicted octanol–water partition coefficient (Wildman–Crippen LogP) is 3.28. The van der Waals surface area contributed by atoms with Crippen LogP contribution in [0, 0.1) is 0 Å². The molecule has 6 heteroatoms. The zero-order valence-electron chi connectivity index (χ0n) is 10.2. The zero-order chi connectivity index (χ0) is 13.9. The van der Waals surface area contributed by atoms with Crippen LogP contribution in [-0.4, -0.2) is 21.2 Å². The van der Waals surface area contributed by atoms with Crippen molar-refractivity contribution < 1.29 is 9.53 Å². The minimum absolute atomic E-state index is 0.143. The van der Waals surface area contributed by atoms with Crippen molar-refractivity contribution in [3.63, 3.8) is 0 Å². The molecule has 0 atom stereocenters. The first-order chi connectivity index (χ1) is 9.78. The number of hydrogen-bond donors (Lipinski definition) is 0. The molecule has 0 radical (unpaired) electrons. The quantitative estimate of drug-likeness (QED) is 0.691. The summed E-state index contributed by atoms with van der Waals surface area (Å²) in [5.41, 5.74) is 1.01. The molecule has 3 rings (SSSR count). The standard InChI is InChI=1S/C14H8ClN3O2/c15-11-3-4-12(13-10(11)2-1-5-16-13)20-14-17-6-9(8-19)7-18-14/h1-8H. The molecule has 0 fully saturated rings. The fraction of sp³-hybridized carbons (Fsp3) is 0. The van der Waals surface area contributed by atoms with Crippen LogP contribution < -0.4 is 4.74 Å². The molecule has 20 heavy (non-hydrogen) atoms. The Balaban J connectivity index is 2.02. The molecular formula is C14H8ClN3O2. The van der Waals surface area contributed by atoms with Crippen LogP contribution in [0.15, 0.2) is 42.9 Å². The lowest BCUT2D eigenvalue weighted by atomic mass is 10.2. The lowest BCUT2D eigenvalue weighted by Crippen LogP contribution is -1.94. The van der Waals surface area contributed by atoms with Gasteiger partial charge in [0.25, 0.3) is 0 Å². The zero-order valence-corrected chi connectivity index (χ0v) is 10.9. The maximum absolute atomic E-state index is 10.5. The van der Waals surface area contributed by atoms with E-state index < -0.39 is 0 Å². The lowest BCUT2D eigenvalue weighted by Gasteiger charge is -2.07. The molecule has 0 aliphatic rings. The van der Waals surface area contributed by atoms with Crippen LogP contribution in [0.1, 0.15) is 10.4 Å². The molecule has 98 valence electrons. The van der Waals surface area contributed by atoms with E-state index in [2.05, 4.69) is 15.0 Å². The van der Waals surface area contributed by atoms with Gasteiger partial charge in [0.2, 0.25) is 0 Å². The fourth-order valence-electron chi connectivity index (χ4n) is 1.73. The number of nitrogens with zero attached hydrogens (tertiary/aromatic N) is 3. The van der Waals surface area contributed by atoms with Crippen LogP contribution in [0.5, 0.6) is 11.8 Å². The van der Waals surface area contributed by atoms with Crippen molar-refractivity contribution in [2.24, 2.45) is 0 Å². The number of aldehydes is 1. The number of hydrogen-bond acceptors (Lipinski definition) is 5. The van der Waals surface area contributed by atoms with Gasteiger partial charge in [-0.05, 0) is 24.3 Å². The molecular weight excluding hydrogens is 278 g/mol. The van der Waals surface area contributed by atoms with Crippen LogP contribution >= 0.6 is 11.6 Å². The van der Waals surface area contributed by atoms with Gasteiger partial charge in [0, 0.05) is 24.0 Å². The van der Waals surface area contributed by atoms with Crippen LogP contribution in [0.4, 0.5) is 0 Å². The highest BCUT2D eigenvalue weighted by Gasteiger charge is 2.09. The Labute approximate surface area is 119 Å². The summed E-state index contributed by atoms with van der Waals surface area (Å²) < 4.78 is 5.59. The van der Waals surface area contributed by atoms with Crippen molar-refractivity contribution >= 4 is 28.8 Å². The molecule has 0 N–H and O–H groups in total. The first-order valence-corrected chi connectivity index (χ1v) is 6.14. The summed E-state index contributed by atoms with van der Waals surface area (Å²) in [7, 11) is 0. The van der Waals surface area contributed by atoms with E-state index in [9.17, 15) is 4.79 Å². The molecule has 1 aromatic carbocycles. The summed E-state index contributed by atoms with van der Waals surface area (Å²) in [6.07, 6.45) is 5.10. The number of benzene rings is 1. The summed E-state index contributed by atoms with van der Waals surface area (Å²) in [5, 5.41) is 1.38. The normalized spacial score (nSPS) is 10.4. The van der Waals surface area contributed by atoms with Crippen molar-refractivity contribution in [1.82, 2.24) is 15.0 Å². The second-order valence-electron chi connectivity index (χ2n) is 3.96. The van der Waals surface area contributed by atoms with Gasteiger partial charge in [-0.25, -0.2) is 9.97 Å². The number of fused-ring (bicyclic) bond motifs is 1. The van der Waals surface area contributed by atoms with Gasteiger partial charge in [-0.3, -0.25) is 9.78 Å². The second kappa shape index (κ2) is 5.22. The van der Waals surface area contributed by atoms with Gasteiger partial charge < -0.3 is 4.74 Å². The Morgan fingerprint density at radius 3 is 2.65 bits per heavy atom. The number of aromatic nitrogens is 3. The highest BCUT2D eigenvalue weighted by Crippen LogP contribution is 2.31. The number of rotatable bonds is 3. The maximum Gasteiger partial charge on any atom is 0.321 e. The number of carbonyl (C=O) groups excluding carboxylic acids is 1. The summed E-state index contributed by atoms with van der Waals surface area (Å²) >= 11 is 6.11. The molecule has 0 saturated heterocycles. The molecule has 2 aromatic heterocycles. The van der Waals surface area contributed by atoms with E-state index >= 15 is 0 Å². The molecule has 0 saturated carbocycles. The molecule has 3 aromatic rings. The molecule has 0 aliphatic heterocycles. The predicted molar refractivity (Wildman–Crippen MR) is 74.2 cm³/mol. The summed E-state index contributed by atoms with van der Waals surface area (Å²) in [5.74, 6) is 0.504. The van der Waals surface area contributed by atoms with Crippen molar-refractivity contribution in [3.05, 3.63) is 53.4 Å². The van der Waals surface area contributed by atoms with Crippen LogP contribution in [0.2, 0.25) is 5.02 Å². The van der Waals surface area contributed by atoms with Gasteiger partial charge in [0.15, 0.2) is 12.0 Å². The topological polar surface area (TPSA) is 65.0 Å². The van der Waals surface area contributed by atoms with E-state index in [4.69, 9.17) is 16.3 Å². The van der Waals surface area contributed by atoms with Crippen molar-refractivity contribution in [3.8, 4) is 11.8 Å². The van der Waals surface area contributed by atoms with Gasteiger partial charge in [0.05, 0.1) is 10.6 Å². The van der Waals surface area contributed by atoms with Gasteiger partial charge in [-0.1, -0.05) is 11.6 Å². The van der Waals surface area contributed by atoms with Crippen molar-refractivity contribution in [2.45, 2.75) is 0 Å². The monoisotopic (exact) mass is 285 g/mol. The summed E-state index contributed by atoms with van der Waals surface area (Å²) in [4.78, 5) is 22.7. The van der Waals surface area contributed by atoms with Gasteiger partial charge in [-0.15, -0.1) is 0 Å². The van der Waals surface area contributed by atoms with Crippen LogP contribution in [0.25, 0.3) is 10.9 Å². The molecule has 2 heterocycles. The Morgan fingerprint density at radius 1 is 1.10 bits per heavy atom.